The number of carbonyl (C=O) groups is 1. The van der Waals surface area contributed by atoms with Gasteiger partial charge in [-0.25, -0.2) is 4.39 Å². The van der Waals surface area contributed by atoms with Crippen LogP contribution < -0.4 is 0 Å². The van der Waals surface area contributed by atoms with Crippen molar-refractivity contribution in [2.75, 3.05) is 26.2 Å². The largest absolute Gasteiger partial charge is 0.337 e. The number of aromatic nitrogens is 1. The summed E-state index contributed by atoms with van der Waals surface area (Å²) in [6.45, 7) is 4.00. The lowest BCUT2D eigenvalue weighted by atomic mass is 10.0. The first-order chi connectivity index (χ1) is 14.7. The van der Waals surface area contributed by atoms with E-state index in [1.54, 1.807) is 0 Å². The minimum absolute atomic E-state index is 0.110. The number of nitrogens with zero attached hydrogens (tertiary/aromatic N) is 3. The molecule has 5 heteroatoms. The Morgan fingerprint density at radius 2 is 1.80 bits per heavy atom. The van der Waals surface area contributed by atoms with Crippen molar-refractivity contribution >= 4 is 16.8 Å². The van der Waals surface area contributed by atoms with Crippen molar-refractivity contribution in [2.24, 2.45) is 0 Å². The van der Waals surface area contributed by atoms with E-state index in [4.69, 9.17) is 4.98 Å². The lowest BCUT2D eigenvalue weighted by molar-refractivity contribution is 0.0763. The van der Waals surface area contributed by atoms with Gasteiger partial charge in [-0.1, -0.05) is 30.3 Å². The molecule has 1 aliphatic heterocycles. The number of carbonyl (C=O) groups excluding carboxylic acids is 1. The third kappa shape index (κ3) is 4.08. The van der Waals surface area contributed by atoms with Gasteiger partial charge in [0.2, 0.25) is 0 Å². The van der Waals surface area contributed by atoms with E-state index in [1.165, 1.54) is 25.0 Å². The van der Waals surface area contributed by atoms with Crippen LogP contribution in [0.15, 0.2) is 54.6 Å². The van der Waals surface area contributed by atoms with Crippen LogP contribution >= 0.6 is 0 Å². The third-order valence-electron chi connectivity index (χ3n) is 6.16. The Morgan fingerprint density at radius 3 is 2.60 bits per heavy atom. The molecule has 1 amide bonds. The SMILES string of the molecule is O=C(c1cc(C2CC2)nc2ccccc12)N1CCCN(Cc2ccc(F)cc2)CC1. The van der Waals surface area contributed by atoms with Gasteiger partial charge in [-0.05, 0) is 49.1 Å². The van der Waals surface area contributed by atoms with Crippen molar-refractivity contribution in [3.63, 3.8) is 0 Å². The fraction of sp³-hybridized carbons (Fsp3) is 0.360. The number of rotatable bonds is 4. The zero-order chi connectivity index (χ0) is 20.5. The summed E-state index contributed by atoms with van der Waals surface area (Å²) < 4.78 is 13.2. The fourth-order valence-corrected chi connectivity index (χ4v) is 4.31. The lowest BCUT2D eigenvalue weighted by Crippen LogP contribution is -2.35. The average Bonchev–Trinajstić information content (AvgIpc) is 3.62. The maximum Gasteiger partial charge on any atom is 0.254 e. The Balaban J connectivity index is 1.33. The molecule has 0 bridgehead atoms. The van der Waals surface area contributed by atoms with Crippen molar-refractivity contribution in [1.29, 1.82) is 0 Å². The molecule has 30 heavy (non-hydrogen) atoms. The topological polar surface area (TPSA) is 36.4 Å². The van der Waals surface area contributed by atoms with E-state index in [0.717, 1.165) is 60.3 Å². The molecule has 1 aromatic heterocycles. The molecular formula is C25H26FN3O. The number of benzene rings is 2. The highest BCUT2D eigenvalue weighted by molar-refractivity contribution is 6.06. The first-order valence-corrected chi connectivity index (χ1v) is 10.8. The van der Waals surface area contributed by atoms with E-state index in [-0.39, 0.29) is 11.7 Å². The number of hydrogen-bond acceptors (Lipinski definition) is 3. The minimum Gasteiger partial charge on any atom is -0.337 e. The Labute approximate surface area is 176 Å². The minimum atomic E-state index is -0.207. The molecule has 2 heterocycles. The highest BCUT2D eigenvalue weighted by Crippen LogP contribution is 2.40. The highest BCUT2D eigenvalue weighted by Gasteiger charge is 2.28. The predicted molar refractivity (Wildman–Crippen MR) is 116 cm³/mol. The number of para-hydroxylation sites is 1. The van der Waals surface area contributed by atoms with Crippen LogP contribution in [-0.2, 0) is 6.54 Å². The zero-order valence-electron chi connectivity index (χ0n) is 17.1. The van der Waals surface area contributed by atoms with Crippen molar-refractivity contribution in [2.45, 2.75) is 31.7 Å². The number of fused-ring (bicyclic) bond motifs is 1. The number of hydrogen-bond donors (Lipinski definition) is 0. The molecule has 1 saturated heterocycles. The van der Waals surface area contributed by atoms with Crippen LogP contribution in [-0.4, -0.2) is 46.9 Å². The first kappa shape index (κ1) is 19.2. The molecule has 0 radical (unpaired) electrons. The lowest BCUT2D eigenvalue weighted by Gasteiger charge is -2.23. The average molecular weight is 404 g/mol. The summed E-state index contributed by atoms with van der Waals surface area (Å²) in [6, 6.07) is 16.7. The van der Waals surface area contributed by atoms with Crippen LogP contribution in [0.25, 0.3) is 10.9 Å². The molecular weight excluding hydrogens is 377 g/mol. The Kier molecular flexibility index (Phi) is 5.21. The Morgan fingerprint density at radius 1 is 1.00 bits per heavy atom. The highest BCUT2D eigenvalue weighted by atomic mass is 19.1. The van der Waals surface area contributed by atoms with Crippen LogP contribution in [0.4, 0.5) is 4.39 Å². The monoisotopic (exact) mass is 403 g/mol. The summed E-state index contributed by atoms with van der Waals surface area (Å²) in [5.74, 6) is 0.414. The molecule has 5 rings (SSSR count). The van der Waals surface area contributed by atoms with E-state index in [9.17, 15) is 9.18 Å². The second-order valence-corrected chi connectivity index (χ2v) is 8.43. The molecule has 2 fully saturated rings. The molecule has 2 aromatic carbocycles. The van der Waals surface area contributed by atoms with E-state index in [2.05, 4.69) is 4.90 Å². The van der Waals surface area contributed by atoms with Crippen molar-refractivity contribution in [3.05, 3.63) is 77.2 Å². The molecule has 0 N–H and O–H groups in total. The van der Waals surface area contributed by atoms with Gasteiger partial charge < -0.3 is 4.90 Å². The summed E-state index contributed by atoms with van der Waals surface area (Å²) in [4.78, 5) is 22.6. The van der Waals surface area contributed by atoms with Crippen LogP contribution in [0.5, 0.6) is 0 Å². The van der Waals surface area contributed by atoms with E-state index in [0.29, 0.717) is 12.5 Å². The molecule has 4 nitrogen and oxygen atoms in total. The van der Waals surface area contributed by atoms with E-state index >= 15 is 0 Å². The number of halogens is 1. The molecule has 1 saturated carbocycles. The number of amides is 1. The van der Waals surface area contributed by atoms with Crippen molar-refractivity contribution < 1.29 is 9.18 Å². The van der Waals surface area contributed by atoms with Crippen LogP contribution in [0.3, 0.4) is 0 Å². The van der Waals surface area contributed by atoms with Crippen LogP contribution in [0, 0.1) is 5.82 Å². The molecule has 2 aliphatic rings. The van der Waals surface area contributed by atoms with Crippen molar-refractivity contribution in [1.82, 2.24) is 14.8 Å². The second kappa shape index (κ2) is 8.15. The van der Waals surface area contributed by atoms with Gasteiger partial charge in [-0.15, -0.1) is 0 Å². The van der Waals surface area contributed by atoms with Crippen LogP contribution in [0.1, 0.15) is 46.8 Å². The van der Waals surface area contributed by atoms with E-state index in [1.807, 2.05) is 47.4 Å². The van der Waals surface area contributed by atoms with Gasteiger partial charge in [0.15, 0.2) is 0 Å². The maximum absolute atomic E-state index is 13.5. The molecule has 1 aliphatic carbocycles. The Hall–Kier alpha value is -2.79. The second-order valence-electron chi connectivity index (χ2n) is 8.43. The summed E-state index contributed by atoms with van der Waals surface area (Å²) in [5, 5.41) is 0.944. The fourth-order valence-electron chi connectivity index (χ4n) is 4.31. The maximum atomic E-state index is 13.5. The Bertz CT molecular complexity index is 1060. The van der Waals surface area contributed by atoms with Gasteiger partial charge in [0.25, 0.3) is 5.91 Å². The summed E-state index contributed by atoms with van der Waals surface area (Å²) in [7, 11) is 0. The van der Waals surface area contributed by atoms with Gasteiger partial charge in [0.05, 0.1) is 11.1 Å². The first-order valence-electron chi connectivity index (χ1n) is 10.8. The van der Waals surface area contributed by atoms with E-state index < -0.39 is 0 Å². The molecule has 0 spiro atoms. The quantitative estimate of drug-likeness (QED) is 0.639. The van der Waals surface area contributed by atoms with Crippen molar-refractivity contribution in [3.8, 4) is 0 Å². The number of pyridine rings is 1. The zero-order valence-corrected chi connectivity index (χ0v) is 17.1. The van der Waals surface area contributed by atoms with Gasteiger partial charge in [0, 0.05) is 49.7 Å². The van der Waals surface area contributed by atoms with Gasteiger partial charge in [-0.2, -0.15) is 0 Å². The summed E-state index contributed by atoms with van der Waals surface area (Å²) in [6.07, 6.45) is 3.27. The smallest absolute Gasteiger partial charge is 0.254 e. The summed E-state index contributed by atoms with van der Waals surface area (Å²) in [5.41, 5.74) is 3.86. The van der Waals surface area contributed by atoms with Gasteiger partial charge >= 0.3 is 0 Å². The van der Waals surface area contributed by atoms with Gasteiger partial charge in [0.1, 0.15) is 5.82 Å². The van der Waals surface area contributed by atoms with Crippen LogP contribution in [0.2, 0.25) is 0 Å². The standard InChI is InChI=1S/C25H26FN3O/c26-20-10-6-18(7-11-20)17-28-12-3-13-29(15-14-28)25(30)22-16-24(19-8-9-19)27-23-5-2-1-4-21(22)23/h1-2,4-7,10-11,16,19H,3,8-9,12-15,17H2. The third-order valence-corrected chi connectivity index (χ3v) is 6.16. The summed E-state index contributed by atoms with van der Waals surface area (Å²) >= 11 is 0. The molecule has 0 atom stereocenters. The molecule has 154 valence electrons. The predicted octanol–water partition coefficient (Wildman–Crippen LogP) is 4.60. The normalized spacial score (nSPS) is 17.8. The molecule has 3 aromatic rings. The molecule has 0 unspecified atom stereocenters. The van der Waals surface area contributed by atoms with Gasteiger partial charge in [-0.3, -0.25) is 14.7 Å².